The molecule has 0 aliphatic rings. The van der Waals surface area contributed by atoms with Crippen molar-refractivity contribution < 1.29 is 0 Å². The molecule has 0 radical (unpaired) electrons. The fourth-order valence-corrected chi connectivity index (χ4v) is 0.854. The Morgan fingerprint density at radius 1 is 1.11 bits per heavy atom. The summed E-state index contributed by atoms with van der Waals surface area (Å²) in [6, 6.07) is 0. The zero-order valence-electron chi connectivity index (χ0n) is 6.62. The van der Waals surface area contributed by atoms with Gasteiger partial charge >= 0.3 is 0 Å². The van der Waals surface area contributed by atoms with Gasteiger partial charge in [-0.3, -0.25) is 0 Å². The largest absolute Gasteiger partial charge is 0.0776 e. The van der Waals surface area contributed by atoms with Crippen LogP contribution < -0.4 is 0 Å². The first kappa shape index (κ1) is 11.8. The van der Waals surface area contributed by atoms with Crippen LogP contribution in [0.2, 0.25) is 0 Å². The molecule has 0 rings (SSSR count). The van der Waals surface area contributed by atoms with Crippen molar-refractivity contribution in [2.45, 2.75) is 54.4 Å². The van der Waals surface area contributed by atoms with Crippen molar-refractivity contribution in [2.24, 2.45) is 5.41 Å². The van der Waals surface area contributed by atoms with Crippen molar-refractivity contribution >= 4 is 0 Å². The molecule has 0 nitrogen and oxygen atoms in total. The summed E-state index contributed by atoms with van der Waals surface area (Å²) in [5, 5.41) is 0. The molecule has 0 aromatic heterocycles. The minimum Gasteiger partial charge on any atom is -0.0776 e. The molecule has 9 heavy (non-hydrogen) atoms. The molecule has 0 saturated carbocycles. The Kier molecular flexibility index (Phi) is 6.32. The normalized spacial score (nSPS) is 10.7. The molecule has 0 saturated heterocycles. The van der Waals surface area contributed by atoms with Crippen LogP contribution in [0.3, 0.4) is 0 Å². The van der Waals surface area contributed by atoms with Crippen molar-refractivity contribution in [1.82, 2.24) is 0 Å². The van der Waals surface area contributed by atoms with Gasteiger partial charge in [0.05, 0.1) is 0 Å². The topological polar surface area (TPSA) is 0 Å². The van der Waals surface area contributed by atoms with Crippen LogP contribution in [0.25, 0.3) is 0 Å². The van der Waals surface area contributed by atoms with Gasteiger partial charge in [-0.25, -0.2) is 0 Å². The lowest BCUT2D eigenvalue weighted by Gasteiger charge is -2.20. The average molecular weight is 130 g/mol. The molecule has 0 aliphatic heterocycles. The third kappa shape index (κ3) is 5.88. The molecule has 0 heteroatoms. The van der Waals surface area contributed by atoms with Gasteiger partial charge in [0.1, 0.15) is 0 Å². The predicted octanol–water partition coefficient (Wildman–Crippen LogP) is 3.86. The Balaban J connectivity index is 0. The van der Waals surface area contributed by atoms with Crippen molar-refractivity contribution in [3.05, 3.63) is 0 Å². The lowest BCUT2D eigenvalue weighted by molar-refractivity contribution is 0.319. The first-order valence-electron chi connectivity index (χ1n) is 3.62. The highest BCUT2D eigenvalue weighted by Crippen LogP contribution is 2.25. The first-order valence-corrected chi connectivity index (χ1v) is 3.62. The molecular weight excluding hydrogens is 108 g/mol. The van der Waals surface area contributed by atoms with E-state index in [4.69, 9.17) is 0 Å². The SMILES string of the molecule is C.CCCC(C)(C)CC. The Labute approximate surface area is 60.7 Å². The summed E-state index contributed by atoms with van der Waals surface area (Å²) in [5.41, 5.74) is 0.592. The maximum atomic E-state index is 2.33. The van der Waals surface area contributed by atoms with E-state index in [1.54, 1.807) is 0 Å². The fraction of sp³-hybridized carbons (Fsp3) is 1.00. The monoisotopic (exact) mass is 130 g/mol. The van der Waals surface area contributed by atoms with Crippen molar-refractivity contribution in [3.63, 3.8) is 0 Å². The van der Waals surface area contributed by atoms with E-state index in [2.05, 4.69) is 27.7 Å². The van der Waals surface area contributed by atoms with Crippen LogP contribution in [0.4, 0.5) is 0 Å². The van der Waals surface area contributed by atoms with Crippen LogP contribution in [0, 0.1) is 5.41 Å². The smallest absolute Gasteiger partial charge is 0.0357 e. The van der Waals surface area contributed by atoms with Crippen LogP contribution in [-0.2, 0) is 0 Å². The predicted molar refractivity (Wildman–Crippen MR) is 45.7 cm³/mol. The zero-order chi connectivity index (χ0) is 6.62. The lowest BCUT2D eigenvalue weighted by Crippen LogP contribution is -2.07. The summed E-state index contributed by atoms with van der Waals surface area (Å²) in [5.74, 6) is 0. The van der Waals surface area contributed by atoms with Crippen molar-refractivity contribution in [3.8, 4) is 0 Å². The number of rotatable bonds is 3. The average Bonchev–Trinajstić information content (AvgIpc) is 1.67. The summed E-state index contributed by atoms with van der Waals surface area (Å²) in [7, 11) is 0. The van der Waals surface area contributed by atoms with Gasteiger partial charge < -0.3 is 0 Å². The fourth-order valence-electron chi connectivity index (χ4n) is 0.854. The highest BCUT2D eigenvalue weighted by molar-refractivity contribution is 4.63. The molecule has 0 fully saturated rings. The highest BCUT2D eigenvalue weighted by atomic mass is 14.2. The van der Waals surface area contributed by atoms with E-state index in [-0.39, 0.29) is 7.43 Å². The minimum absolute atomic E-state index is 0. The number of hydrogen-bond acceptors (Lipinski definition) is 0. The third-order valence-corrected chi connectivity index (χ3v) is 1.88. The van der Waals surface area contributed by atoms with E-state index < -0.39 is 0 Å². The van der Waals surface area contributed by atoms with Crippen LogP contribution >= 0.6 is 0 Å². The summed E-state index contributed by atoms with van der Waals surface area (Å²) in [6.45, 7) is 9.17. The Morgan fingerprint density at radius 3 is 1.67 bits per heavy atom. The molecule has 0 N–H and O–H groups in total. The number of hydrogen-bond donors (Lipinski definition) is 0. The van der Waals surface area contributed by atoms with Gasteiger partial charge in [-0.05, 0) is 11.8 Å². The van der Waals surface area contributed by atoms with E-state index in [1.807, 2.05) is 0 Å². The van der Waals surface area contributed by atoms with Crippen LogP contribution in [-0.4, -0.2) is 0 Å². The standard InChI is InChI=1S/C8H18.CH4/c1-5-7-8(3,4)6-2;/h5-7H2,1-4H3;1H4. The Hall–Kier alpha value is 0. The zero-order valence-corrected chi connectivity index (χ0v) is 6.62. The molecule has 0 aromatic rings. The van der Waals surface area contributed by atoms with Gasteiger partial charge in [0.15, 0.2) is 0 Å². The summed E-state index contributed by atoms with van der Waals surface area (Å²) in [4.78, 5) is 0. The molecule has 0 aliphatic carbocycles. The molecule has 0 amide bonds. The molecule has 0 spiro atoms. The van der Waals surface area contributed by atoms with Gasteiger partial charge in [0, 0.05) is 0 Å². The lowest BCUT2D eigenvalue weighted by atomic mass is 9.86. The first-order chi connectivity index (χ1) is 3.62. The molecule has 0 bridgehead atoms. The van der Waals surface area contributed by atoms with E-state index in [1.165, 1.54) is 19.3 Å². The maximum Gasteiger partial charge on any atom is -0.0357 e. The van der Waals surface area contributed by atoms with Gasteiger partial charge in [-0.2, -0.15) is 0 Å². The highest BCUT2D eigenvalue weighted by Gasteiger charge is 2.11. The van der Waals surface area contributed by atoms with E-state index in [9.17, 15) is 0 Å². The molecule has 0 atom stereocenters. The molecule has 0 heterocycles. The van der Waals surface area contributed by atoms with E-state index in [0.717, 1.165) is 0 Å². The second-order valence-corrected chi connectivity index (χ2v) is 3.27. The van der Waals surface area contributed by atoms with Crippen LogP contribution in [0.5, 0.6) is 0 Å². The van der Waals surface area contributed by atoms with Gasteiger partial charge in [-0.15, -0.1) is 0 Å². The summed E-state index contributed by atoms with van der Waals surface area (Å²) >= 11 is 0. The van der Waals surface area contributed by atoms with Crippen molar-refractivity contribution in [2.75, 3.05) is 0 Å². The summed E-state index contributed by atoms with van der Waals surface area (Å²) in [6.07, 6.45) is 3.99. The van der Waals surface area contributed by atoms with Gasteiger partial charge in [0.25, 0.3) is 0 Å². The molecule has 0 unspecified atom stereocenters. The third-order valence-electron chi connectivity index (χ3n) is 1.88. The van der Waals surface area contributed by atoms with Crippen LogP contribution in [0.15, 0.2) is 0 Å². The quantitative estimate of drug-likeness (QED) is 0.544. The molecular formula is C9H22. The van der Waals surface area contributed by atoms with Crippen LogP contribution in [0.1, 0.15) is 54.4 Å². The van der Waals surface area contributed by atoms with E-state index >= 15 is 0 Å². The summed E-state index contributed by atoms with van der Waals surface area (Å²) < 4.78 is 0. The van der Waals surface area contributed by atoms with Gasteiger partial charge in [0.2, 0.25) is 0 Å². The molecule has 58 valence electrons. The Morgan fingerprint density at radius 2 is 1.56 bits per heavy atom. The second kappa shape index (κ2) is 4.84. The van der Waals surface area contributed by atoms with Crippen molar-refractivity contribution in [1.29, 1.82) is 0 Å². The van der Waals surface area contributed by atoms with E-state index in [0.29, 0.717) is 5.41 Å². The Bertz CT molecular complexity index is 53.1. The second-order valence-electron chi connectivity index (χ2n) is 3.27. The maximum absolute atomic E-state index is 2.33. The minimum atomic E-state index is 0. The molecule has 0 aromatic carbocycles. The van der Waals surface area contributed by atoms with Gasteiger partial charge in [-0.1, -0.05) is 48.0 Å².